The van der Waals surface area contributed by atoms with Gasteiger partial charge in [-0.3, -0.25) is 9.59 Å². The van der Waals surface area contributed by atoms with E-state index in [0.29, 0.717) is 31.7 Å². The van der Waals surface area contributed by atoms with Gasteiger partial charge in [-0.2, -0.15) is 0 Å². The lowest BCUT2D eigenvalue weighted by Crippen LogP contribution is -2.50. The van der Waals surface area contributed by atoms with Crippen molar-refractivity contribution >= 4 is 33.2 Å². The number of rotatable bonds is 3. The van der Waals surface area contributed by atoms with E-state index in [2.05, 4.69) is 16.4 Å². The number of piperazine rings is 1. The number of aromatic nitrogens is 3. The fourth-order valence-electron chi connectivity index (χ4n) is 3.94. The van der Waals surface area contributed by atoms with Crippen LogP contribution in [0.1, 0.15) is 25.6 Å². The van der Waals surface area contributed by atoms with Crippen molar-refractivity contribution in [2.45, 2.75) is 6.92 Å². The summed E-state index contributed by atoms with van der Waals surface area (Å²) >= 11 is 1.54. The van der Waals surface area contributed by atoms with E-state index in [0.717, 1.165) is 26.2 Å². The molecule has 0 spiro atoms. The Bertz CT molecular complexity index is 1260. The van der Waals surface area contributed by atoms with Gasteiger partial charge in [0.2, 0.25) is 0 Å². The molecule has 4 aromatic rings. The predicted octanol–water partition coefficient (Wildman–Crippen LogP) is 3.39. The third kappa shape index (κ3) is 3.59. The summed E-state index contributed by atoms with van der Waals surface area (Å²) < 4.78 is 2.75. The van der Waals surface area contributed by atoms with E-state index in [-0.39, 0.29) is 11.8 Å². The van der Waals surface area contributed by atoms with Crippen molar-refractivity contribution < 1.29 is 9.59 Å². The molecule has 2 aromatic carbocycles. The van der Waals surface area contributed by atoms with Gasteiger partial charge < -0.3 is 9.80 Å². The highest BCUT2D eigenvalue weighted by Crippen LogP contribution is 2.31. The summed E-state index contributed by atoms with van der Waals surface area (Å²) in [6.45, 7) is 4.10. The number of amides is 2. The molecular formula is C23H21N5O2S. The summed E-state index contributed by atoms with van der Waals surface area (Å²) in [7, 11) is 0. The van der Waals surface area contributed by atoms with Crippen LogP contribution < -0.4 is 0 Å². The molecule has 1 aliphatic rings. The fourth-order valence-corrected chi connectivity index (χ4v) is 5.12. The van der Waals surface area contributed by atoms with Crippen molar-refractivity contribution in [2.24, 2.45) is 0 Å². The van der Waals surface area contributed by atoms with E-state index in [4.69, 9.17) is 0 Å². The van der Waals surface area contributed by atoms with Crippen LogP contribution >= 0.6 is 11.3 Å². The number of hydrogen-bond acceptors (Lipinski definition) is 5. The molecule has 8 heteroatoms. The average molecular weight is 432 g/mol. The molecular weight excluding hydrogens is 410 g/mol. The van der Waals surface area contributed by atoms with Crippen molar-refractivity contribution in [3.05, 3.63) is 76.9 Å². The number of aryl methyl sites for hydroxylation is 1. The van der Waals surface area contributed by atoms with E-state index in [1.807, 2.05) is 53.1 Å². The Hall–Kier alpha value is -3.52. The van der Waals surface area contributed by atoms with E-state index < -0.39 is 0 Å². The van der Waals surface area contributed by atoms with Crippen LogP contribution in [0.5, 0.6) is 0 Å². The fraction of sp³-hybridized carbons (Fsp3) is 0.217. The van der Waals surface area contributed by atoms with Gasteiger partial charge in [-0.25, -0.2) is 4.68 Å². The maximum absolute atomic E-state index is 13.1. The highest BCUT2D eigenvalue weighted by molar-refractivity contribution is 7.21. The summed E-state index contributed by atoms with van der Waals surface area (Å²) in [5, 5.41) is 8.93. The number of carbonyl (C=O) groups is 2. The number of thiophene rings is 1. The first-order valence-corrected chi connectivity index (χ1v) is 11.0. The second-order valence-electron chi connectivity index (χ2n) is 7.53. The number of nitrogens with zero attached hydrogens (tertiary/aromatic N) is 5. The zero-order chi connectivity index (χ0) is 21.4. The largest absolute Gasteiger partial charge is 0.335 e. The molecule has 0 bridgehead atoms. The zero-order valence-electron chi connectivity index (χ0n) is 17.1. The monoisotopic (exact) mass is 431 g/mol. The van der Waals surface area contributed by atoms with Gasteiger partial charge in [0, 0.05) is 36.4 Å². The summed E-state index contributed by atoms with van der Waals surface area (Å²) in [6, 6.07) is 15.4. The van der Waals surface area contributed by atoms with Gasteiger partial charge in [0.1, 0.15) is 0 Å². The highest BCUT2D eigenvalue weighted by atomic mass is 32.1. The molecule has 1 saturated heterocycles. The van der Waals surface area contributed by atoms with E-state index in [1.165, 1.54) is 0 Å². The third-order valence-electron chi connectivity index (χ3n) is 5.67. The third-order valence-corrected chi connectivity index (χ3v) is 6.93. The molecule has 0 aliphatic carbocycles. The molecule has 156 valence electrons. The second-order valence-corrected chi connectivity index (χ2v) is 8.59. The van der Waals surface area contributed by atoms with Crippen LogP contribution in [0.15, 0.2) is 60.9 Å². The lowest BCUT2D eigenvalue weighted by Gasteiger charge is -2.34. The molecule has 0 atom stereocenters. The van der Waals surface area contributed by atoms with Gasteiger partial charge in [0.25, 0.3) is 11.8 Å². The zero-order valence-corrected chi connectivity index (χ0v) is 17.9. The first kappa shape index (κ1) is 19.4. The summed E-state index contributed by atoms with van der Waals surface area (Å²) in [6.07, 6.45) is 3.34. The summed E-state index contributed by atoms with van der Waals surface area (Å²) in [5.41, 5.74) is 2.43. The van der Waals surface area contributed by atoms with Gasteiger partial charge in [-0.1, -0.05) is 29.5 Å². The van der Waals surface area contributed by atoms with Gasteiger partial charge in [-0.05, 0) is 42.1 Å². The van der Waals surface area contributed by atoms with Gasteiger partial charge >= 0.3 is 0 Å². The lowest BCUT2D eigenvalue weighted by atomic mass is 10.1. The van der Waals surface area contributed by atoms with Crippen molar-refractivity contribution in [1.29, 1.82) is 0 Å². The van der Waals surface area contributed by atoms with Crippen LogP contribution in [0.25, 0.3) is 15.8 Å². The van der Waals surface area contributed by atoms with Crippen molar-refractivity contribution in [3.8, 4) is 5.69 Å². The van der Waals surface area contributed by atoms with Gasteiger partial charge in [0.15, 0.2) is 0 Å². The number of carbonyl (C=O) groups excluding carboxylic acids is 2. The number of benzene rings is 2. The molecule has 31 heavy (non-hydrogen) atoms. The molecule has 0 saturated carbocycles. The molecule has 0 unspecified atom stereocenters. The summed E-state index contributed by atoms with van der Waals surface area (Å²) in [4.78, 5) is 30.6. The topological polar surface area (TPSA) is 71.3 Å². The Labute approximate surface area is 183 Å². The lowest BCUT2D eigenvalue weighted by molar-refractivity contribution is 0.0538. The number of fused-ring (bicyclic) bond motifs is 1. The van der Waals surface area contributed by atoms with Crippen molar-refractivity contribution in [1.82, 2.24) is 24.8 Å². The van der Waals surface area contributed by atoms with Crippen LogP contribution in [-0.2, 0) is 0 Å². The summed E-state index contributed by atoms with van der Waals surface area (Å²) in [5.74, 6) is 0.0195. The Morgan fingerprint density at radius 3 is 2.39 bits per heavy atom. The maximum atomic E-state index is 13.1. The standard InChI is InChI=1S/C23H21N5O2S/c1-16-19-7-2-3-8-20(19)31-21(16)23(30)27-13-11-26(12-14-27)22(29)17-5-4-6-18(15-17)28-10-9-24-25-28/h2-10,15H,11-14H2,1H3. The predicted molar refractivity (Wildman–Crippen MR) is 120 cm³/mol. The first-order chi connectivity index (χ1) is 15.1. The molecule has 5 rings (SSSR count). The molecule has 2 amide bonds. The minimum absolute atomic E-state index is 0.0351. The highest BCUT2D eigenvalue weighted by Gasteiger charge is 2.27. The second kappa shape index (κ2) is 7.96. The minimum Gasteiger partial charge on any atom is -0.335 e. The van der Waals surface area contributed by atoms with Crippen molar-refractivity contribution in [2.75, 3.05) is 26.2 Å². The molecule has 0 N–H and O–H groups in total. The Morgan fingerprint density at radius 2 is 1.68 bits per heavy atom. The molecule has 2 aromatic heterocycles. The van der Waals surface area contributed by atoms with Gasteiger partial charge in [0.05, 0.1) is 23.0 Å². The SMILES string of the molecule is Cc1c(C(=O)N2CCN(C(=O)c3cccc(-n4ccnn4)c3)CC2)sc2ccccc12. The van der Waals surface area contributed by atoms with Crippen molar-refractivity contribution in [3.63, 3.8) is 0 Å². The van der Waals surface area contributed by atoms with Gasteiger partial charge in [-0.15, -0.1) is 16.4 Å². The van der Waals surface area contributed by atoms with E-state index in [1.54, 1.807) is 34.5 Å². The van der Waals surface area contributed by atoms with Crippen LogP contribution in [0.2, 0.25) is 0 Å². The smallest absolute Gasteiger partial charge is 0.264 e. The molecule has 3 heterocycles. The minimum atomic E-state index is -0.0351. The van der Waals surface area contributed by atoms with E-state index >= 15 is 0 Å². The van der Waals surface area contributed by atoms with Crippen LogP contribution in [0, 0.1) is 6.92 Å². The van der Waals surface area contributed by atoms with E-state index in [9.17, 15) is 9.59 Å². The first-order valence-electron chi connectivity index (χ1n) is 10.2. The normalized spacial score (nSPS) is 14.2. The maximum Gasteiger partial charge on any atom is 0.264 e. The molecule has 1 fully saturated rings. The van der Waals surface area contributed by atoms with Crippen LogP contribution in [0.4, 0.5) is 0 Å². The Balaban J connectivity index is 1.28. The quantitative estimate of drug-likeness (QED) is 0.499. The Kier molecular flexibility index (Phi) is 4.99. The molecule has 7 nitrogen and oxygen atoms in total. The number of hydrogen-bond donors (Lipinski definition) is 0. The Morgan fingerprint density at radius 1 is 0.935 bits per heavy atom. The van der Waals surface area contributed by atoms with Crippen LogP contribution in [-0.4, -0.2) is 62.8 Å². The molecule has 1 aliphatic heterocycles. The van der Waals surface area contributed by atoms with Crippen LogP contribution in [0.3, 0.4) is 0 Å². The average Bonchev–Trinajstić information content (AvgIpc) is 3.47. The molecule has 0 radical (unpaired) electrons.